The maximum absolute atomic E-state index is 12.3. The first-order valence-electron chi connectivity index (χ1n) is 8.69. The van der Waals surface area contributed by atoms with Crippen LogP contribution in [0.2, 0.25) is 0 Å². The normalized spacial score (nSPS) is 11.2. The van der Waals surface area contributed by atoms with Crippen LogP contribution in [0.15, 0.2) is 53.4 Å². The largest absolute Gasteiger partial charge is 0.452 e. The second-order valence-corrected chi connectivity index (χ2v) is 8.29. The number of hydrogen-bond acceptors (Lipinski definition) is 7. The van der Waals surface area contributed by atoms with Crippen LogP contribution in [-0.2, 0) is 19.6 Å². The number of benzene rings is 2. The number of nitrogens with zero attached hydrogens (tertiary/aromatic N) is 1. The van der Waals surface area contributed by atoms with Crippen LogP contribution in [0.4, 0.5) is 11.4 Å². The molecule has 3 N–H and O–H groups in total. The molecule has 0 aliphatic heterocycles. The molecule has 2 aromatic carbocycles. The van der Waals surface area contributed by atoms with Crippen molar-refractivity contribution in [2.24, 2.45) is 0 Å². The van der Waals surface area contributed by atoms with Crippen LogP contribution in [0.5, 0.6) is 0 Å². The summed E-state index contributed by atoms with van der Waals surface area (Å²) in [5.41, 5.74) is 0.973. The van der Waals surface area contributed by atoms with Crippen molar-refractivity contribution in [2.75, 3.05) is 44.5 Å². The molecular formula is C19H23N3O6S. The van der Waals surface area contributed by atoms with Gasteiger partial charge in [-0.1, -0.05) is 18.2 Å². The number of rotatable bonds is 9. The number of carbonyl (C=O) groups is 2. The van der Waals surface area contributed by atoms with Crippen molar-refractivity contribution < 1.29 is 27.9 Å². The van der Waals surface area contributed by atoms with Crippen molar-refractivity contribution in [1.82, 2.24) is 4.31 Å². The molecule has 0 bridgehead atoms. The molecule has 2 rings (SSSR count). The van der Waals surface area contributed by atoms with E-state index in [2.05, 4.69) is 10.6 Å². The van der Waals surface area contributed by atoms with Crippen LogP contribution >= 0.6 is 0 Å². The molecule has 156 valence electrons. The van der Waals surface area contributed by atoms with Gasteiger partial charge in [0.25, 0.3) is 5.91 Å². The van der Waals surface area contributed by atoms with Crippen LogP contribution < -0.4 is 10.6 Å². The standard InChI is InChI=1S/C19H23N3O6S/c1-22(2)29(26,27)15-7-5-6-14(12-15)21-18(24)13-28-19(25)16-8-3-4-9-17(16)20-10-11-23/h3-9,12,20,23H,10-11,13H2,1-2H3,(H,21,24). The first-order chi connectivity index (χ1) is 13.8. The van der Waals surface area contributed by atoms with Gasteiger partial charge in [0.2, 0.25) is 10.0 Å². The molecule has 0 saturated carbocycles. The smallest absolute Gasteiger partial charge is 0.340 e. The van der Waals surface area contributed by atoms with Crippen molar-refractivity contribution in [3.63, 3.8) is 0 Å². The van der Waals surface area contributed by atoms with Gasteiger partial charge in [0.1, 0.15) is 0 Å². The molecule has 0 aromatic heterocycles. The Morgan fingerprint density at radius 3 is 2.52 bits per heavy atom. The van der Waals surface area contributed by atoms with Crippen molar-refractivity contribution in [2.45, 2.75) is 4.90 Å². The number of aliphatic hydroxyl groups is 1. The third kappa shape index (κ3) is 6.01. The second kappa shape index (κ2) is 10.0. The van der Waals surface area contributed by atoms with E-state index in [1.807, 2.05) is 0 Å². The fourth-order valence-electron chi connectivity index (χ4n) is 2.36. The molecule has 0 spiro atoms. The monoisotopic (exact) mass is 421 g/mol. The van der Waals surface area contributed by atoms with Crippen molar-refractivity contribution in [3.05, 3.63) is 54.1 Å². The van der Waals surface area contributed by atoms with Crippen molar-refractivity contribution in [1.29, 1.82) is 0 Å². The van der Waals surface area contributed by atoms with E-state index in [1.54, 1.807) is 18.2 Å². The number of aliphatic hydroxyl groups excluding tert-OH is 1. The molecule has 9 nitrogen and oxygen atoms in total. The van der Waals surface area contributed by atoms with Gasteiger partial charge in [-0.2, -0.15) is 0 Å². The zero-order chi connectivity index (χ0) is 21.4. The van der Waals surface area contributed by atoms with Gasteiger partial charge in [0, 0.05) is 32.0 Å². The molecule has 0 fully saturated rings. The van der Waals surface area contributed by atoms with Crippen LogP contribution in [0, 0.1) is 0 Å². The Hall–Kier alpha value is -2.95. The van der Waals surface area contributed by atoms with E-state index < -0.39 is 28.5 Å². The number of ether oxygens (including phenoxy) is 1. The summed E-state index contributed by atoms with van der Waals surface area (Å²) in [6.07, 6.45) is 0. The molecule has 0 aliphatic carbocycles. The zero-order valence-corrected chi connectivity index (χ0v) is 16.9. The highest BCUT2D eigenvalue weighted by atomic mass is 32.2. The van der Waals surface area contributed by atoms with Gasteiger partial charge < -0.3 is 20.5 Å². The van der Waals surface area contributed by atoms with Crippen LogP contribution in [0.3, 0.4) is 0 Å². The number of esters is 1. The summed E-state index contributed by atoms with van der Waals surface area (Å²) in [4.78, 5) is 24.4. The van der Waals surface area contributed by atoms with Gasteiger partial charge in [-0.15, -0.1) is 0 Å². The zero-order valence-electron chi connectivity index (χ0n) is 16.1. The maximum Gasteiger partial charge on any atom is 0.340 e. The van der Waals surface area contributed by atoms with Gasteiger partial charge in [0.15, 0.2) is 6.61 Å². The molecule has 0 saturated heterocycles. The molecule has 0 heterocycles. The highest BCUT2D eigenvalue weighted by Crippen LogP contribution is 2.18. The first kappa shape index (κ1) is 22.3. The average Bonchev–Trinajstić information content (AvgIpc) is 2.70. The molecule has 0 atom stereocenters. The number of hydrogen-bond donors (Lipinski definition) is 3. The number of amides is 1. The lowest BCUT2D eigenvalue weighted by molar-refractivity contribution is -0.119. The van der Waals surface area contributed by atoms with Gasteiger partial charge in [-0.05, 0) is 30.3 Å². The Labute approximate surface area is 169 Å². The van der Waals surface area contributed by atoms with Crippen molar-refractivity contribution in [3.8, 4) is 0 Å². The quantitative estimate of drug-likeness (QED) is 0.519. The van der Waals surface area contributed by atoms with Gasteiger partial charge in [-0.3, -0.25) is 4.79 Å². The molecule has 0 aliphatic rings. The lowest BCUT2D eigenvalue weighted by Gasteiger charge is -2.13. The van der Waals surface area contributed by atoms with E-state index in [9.17, 15) is 18.0 Å². The third-order valence-electron chi connectivity index (χ3n) is 3.80. The molecule has 0 unspecified atom stereocenters. The summed E-state index contributed by atoms with van der Waals surface area (Å²) in [7, 11) is -0.818. The minimum atomic E-state index is -3.64. The van der Waals surface area contributed by atoms with E-state index in [4.69, 9.17) is 9.84 Å². The third-order valence-corrected chi connectivity index (χ3v) is 5.62. The maximum atomic E-state index is 12.3. The predicted octanol–water partition coefficient (Wildman–Crippen LogP) is 1.14. The number of anilines is 2. The minimum Gasteiger partial charge on any atom is -0.452 e. The van der Waals surface area contributed by atoms with Gasteiger partial charge in [0.05, 0.1) is 17.1 Å². The number of nitrogens with one attached hydrogen (secondary N) is 2. The summed E-state index contributed by atoms with van der Waals surface area (Å²) in [6.45, 7) is -0.386. The second-order valence-electron chi connectivity index (χ2n) is 6.14. The van der Waals surface area contributed by atoms with E-state index in [-0.39, 0.29) is 29.3 Å². The highest BCUT2D eigenvalue weighted by Gasteiger charge is 2.18. The Morgan fingerprint density at radius 2 is 1.83 bits per heavy atom. The fourth-order valence-corrected chi connectivity index (χ4v) is 3.30. The molecule has 0 radical (unpaired) electrons. The lowest BCUT2D eigenvalue weighted by atomic mass is 10.2. The first-order valence-corrected chi connectivity index (χ1v) is 10.1. The summed E-state index contributed by atoms with van der Waals surface area (Å²) >= 11 is 0. The highest BCUT2D eigenvalue weighted by molar-refractivity contribution is 7.89. The topological polar surface area (TPSA) is 125 Å². The van der Waals surface area contributed by atoms with Crippen LogP contribution in [0.25, 0.3) is 0 Å². The minimum absolute atomic E-state index is 0.0289. The molecule has 10 heteroatoms. The Bertz CT molecular complexity index is 975. The van der Waals surface area contributed by atoms with E-state index in [1.165, 1.54) is 44.4 Å². The number of sulfonamides is 1. The van der Waals surface area contributed by atoms with Crippen molar-refractivity contribution >= 4 is 33.3 Å². The summed E-state index contributed by atoms with van der Waals surface area (Å²) in [5, 5.41) is 14.3. The predicted molar refractivity (Wildman–Crippen MR) is 108 cm³/mol. The Balaban J connectivity index is 2.00. The number of para-hydroxylation sites is 1. The number of carbonyl (C=O) groups excluding carboxylic acids is 2. The molecule has 2 aromatic rings. The molecular weight excluding hydrogens is 398 g/mol. The van der Waals surface area contributed by atoms with Gasteiger partial charge >= 0.3 is 5.97 Å². The summed E-state index contributed by atoms with van der Waals surface area (Å²) in [5.74, 6) is -1.32. The SMILES string of the molecule is CN(C)S(=O)(=O)c1cccc(NC(=O)COC(=O)c2ccccc2NCCO)c1. The van der Waals surface area contributed by atoms with E-state index >= 15 is 0 Å². The summed E-state index contributed by atoms with van der Waals surface area (Å²) in [6, 6.07) is 12.3. The molecule has 29 heavy (non-hydrogen) atoms. The van der Waals surface area contributed by atoms with E-state index in [0.717, 1.165) is 4.31 Å². The van der Waals surface area contributed by atoms with Gasteiger partial charge in [-0.25, -0.2) is 17.5 Å². The van der Waals surface area contributed by atoms with E-state index in [0.29, 0.717) is 5.69 Å². The fraction of sp³-hybridized carbons (Fsp3) is 0.263. The van der Waals surface area contributed by atoms with Crippen LogP contribution in [-0.4, -0.2) is 63.6 Å². The average molecular weight is 421 g/mol. The Kier molecular flexibility index (Phi) is 7.71. The Morgan fingerprint density at radius 1 is 1.10 bits per heavy atom. The lowest BCUT2D eigenvalue weighted by Crippen LogP contribution is -2.23. The summed E-state index contributed by atoms with van der Waals surface area (Å²) < 4.78 is 30.4. The van der Waals surface area contributed by atoms with Crippen LogP contribution in [0.1, 0.15) is 10.4 Å². The molecule has 1 amide bonds.